The quantitative estimate of drug-likeness (QED) is 0.265. The minimum atomic E-state index is -0.0866. The van der Waals surface area contributed by atoms with Crippen molar-refractivity contribution in [1.82, 2.24) is 20.2 Å². The van der Waals surface area contributed by atoms with E-state index in [1.165, 1.54) is 6.33 Å². The first kappa shape index (κ1) is 25.0. The van der Waals surface area contributed by atoms with Gasteiger partial charge in [0.15, 0.2) is 0 Å². The van der Waals surface area contributed by atoms with Crippen LogP contribution >= 0.6 is 22.9 Å². The van der Waals surface area contributed by atoms with Crippen molar-refractivity contribution >= 4 is 62.3 Å². The molecule has 0 aliphatic carbocycles. The summed E-state index contributed by atoms with van der Waals surface area (Å²) in [7, 11) is 3.95. The number of likely N-dealkylation sites (N-methyl/N-ethyl adjacent to an activating group) is 1. The molecule has 0 spiro atoms. The fourth-order valence-electron chi connectivity index (χ4n) is 3.99. The number of fused-ring (bicyclic) bond motifs is 2. The number of thiophene rings is 1. The molecule has 0 saturated heterocycles. The number of carbonyl (C=O) groups excluding carboxylic acids is 1. The smallest absolute Gasteiger partial charge is 0.247 e. The van der Waals surface area contributed by atoms with Gasteiger partial charge in [0, 0.05) is 41.0 Å². The molecule has 3 N–H and O–H groups in total. The van der Waals surface area contributed by atoms with Gasteiger partial charge >= 0.3 is 0 Å². The Kier molecular flexibility index (Phi) is 7.55. The highest BCUT2D eigenvalue weighted by atomic mass is 35.5. The van der Waals surface area contributed by atoms with Crippen molar-refractivity contribution in [2.45, 2.75) is 6.42 Å². The summed E-state index contributed by atoms with van der Waals surface area (Å²) >= 11 is 8.27. The van der Waals surface area contributed by atoms with Gasteiger partial charge < -0.3 is 25.6 Å². The maximum Gasteiger partial charge on any atom is 0.247 e. The first-order valence-corrected chi connectivity index (χ1v) is 13.2. The predicted molar refractivity (Wildman–Crippen MR) is 151 cm³/mol. The number of nitrogens with one attached hydrogen (secondary N) is 3. The molecule has 5 rings (SSSR count). The van der Waals surface area contributed by atoms with Gasteiger partial charge in [0.25, 0.3) is 0 Å². The van der Waals surface area contributed by atoms with E-state index >= 15 is 0 Å². The molecule has 2 aromatic heterocycles. The maximum absolute atomic E-state index is 12.8. The maximum atomic E-state index is 12.8. The highest BCUT2D eigenvalue weighted by Crippen LogP contribution is 2.37. The Labute approximate surface area is 224 Å². The molecule has 1 amide bonds. The van der Waals surface area contributed by atoms with Gasteiger partial charge in [-0.2, -0.15) is 0 Å². The van der Waals surface area contributed by atoms with E-state index in [-0.39, 0.29) is 5.91 Å². The molecule has 3 heterocycles. The van der Waals surface area contributed by atoms with Gasteiger partial charge in [0.05, 0.1) is 10.6 Å². The summed E-state index contributed by atoms with van der Waals surface area (Å²) in [6.07, 6.45) is 3.92. The zero-order valence-electron chi connectivity index (χ0n) is 20.5. The third kappa shape index (κ3) is 5.85. The van der Waals surface area contributed by atoms with E-state index in [4.69, 9.17) is 16.3 Å². The zero-order chi connectivity index (χ0) is 25.8. The van der Waals surface area contributed by atoms with Gasteiger partial charge in [-0.3, -0.25) is 4.79 Å². The topological polar surface area (TPSA) is 91.4 Å². The van der Waals surface area contributed by atoms with Crippen LogP contribution in [0.1, 0.15) is 12.0 Å². The standard InChI is InChI=1S/C27H27ClN6O2S/c1-34(2)12-11-30-27(35)17-8-10-29-25-20(14-17)26(32-16-31-25)33-18-6-7-23(21(28)15-18)36-22-4-3-5-24-19(22)9-13-37-24/h3-7,9,13-16H,8,10-12H2,1-2H3,(H,30,35)(H2,29,31,32,33). The average molecular weight is 535 g/mol. The summed E-state index contributed by atoms with van der Waals surface area (Å²) in [5, 5.41) is 13.2. The molecule has 1 aliphatic rings. The Morgan fingerprint density at radius 3 is 2.92 bits per heavy atom. The molecule has 0 atom stereocenters. The minimum absolute atomic E-state index is 0.0866. The number of halogens is 1. The van der Waals surface area contributed by atoms with Crippen LogP contribution in [0.2, 0.25) is 5.02 Å². The molecule has 0 radical (unpaired) electrons. The second-order valence-electron chi connectivity index (χ2n) is 8.85. The van der Waals surface area contributed by atoms with Crippen LogP contribution < -0.4 is 20.7 Å². The van der Waals surface area contributed by atoms with Crippen molar-refractivity contribution in [3.63, 3.8) is 0 Å². The zero-order valence-corrected chi connectivity index (χ0v) is 22.1. The highest BCUT2D eigenvalue weighted by Gasteiger charge is 2.18. The number of aromatic nitrogens is 2. The number of hydrogen-bond donors (Lipinski definition) is 3. The normalized spacial score (nSPS) is 12.9. The molecule has 2 aromatic carbocycles. The van der Waals surface area contributed by atoms with Gasteiger partial charge in [-0.25, -0.2) is 9.97 Å². The molecule has 0 fully saturated rings. The van der Waals surface area contributed by atoms with Crippen molar-refractivity contribution in [2.24, 2.45) is 0 Å². The Bertz CT molecular complexity index is 1470. The van der Waals surface area contributed by atoms with Gasteiger partial charge in [-0.1, -0.05) is 17.7 Å². The Morgan fingerprint density at radius 1 is 1.19 bits per heavy atom. The molecule has 0 unspecified atom stereocenters. The van der Waals surface area contributed by atoms with Crippen LogP contribution in [0.5, 0.6) is 11.5 Å². The second-order valence-corrected chi connectivity index (χ2v) is 10.2. The number of nitrogens with zero attached hydrogens (tertiary/aromatic N) is 3. The molecule has 37 heavy (non-hydrogen) atoms. The van der Waals surface area contributed by atoms with Crippen LogP contribution in [0.3, 0.4) is 0 Å². The average Bonchev–Trinajstić information content (AvgIpc) is 3.25. The third-order valence-electron chi connectivity index (χ3n) is 5.90. The van der Waals surface area contributed by atoms with E-state index in [9.17, 15) is 4.79 Å². The lowest BCUT2D eigenvalue weighted by Crippen LogP contribution is -2.32. The number of carbonyl (C=O) groups is 1. The van der Waals surface area contributed by atoms with Gasteiger partial charge in [0.2, 0.25) is 5.91 Å². The largest absolute Gasteiger partial charge is 0.455 e. The van der Waals surface area contributed by atoms with Gasteiger partial charge in [-0.15, -0.1) is 11.3 Å². The Balaban J connectivity index is 1.36. The van der Waals surface area contributed by atoms with Crippen LogP contribution in [0, 0.1) is 0 Å². The number of rotatable bonds is 8. The first-order chi connectivity index (χ1) is 18.0. The monoisotopic (exact) mass is 534 g/mol. The molecule has 0 saturated carbocycles. The fraction of sp³-hybridized carbons (Fsp3) is 0.222. The van der Waals surface area contributed by atoms with Crippen molar-refractivity contribution in [2.75, 3.05) is 44.4 Å². The van der Waals surface area contributed by atoms with Crippen LogP contribution in [0.25, 0.3) is 16.2 Å². The van der Waals surface area contributed by atoms with Crippen molar-refractivity contribution < 1.29 is 9.53 Å². The van der Waals surface area contributed by atoms with Crippen molar-refractivity contribution in [1.29, 1.82) is 0 Å². The number of amides is 1. The highest BCUT2D eigenvalue weighted by molar-refractivity contribution is 7.17. The molecule has 1 aliphatic heterocycles. The van der Waals surface area contributed by atoms with Crippen LogP contribution in [-0.4, -0.2) is 54.5 Å². The van der Waals surface area contributed by atoms with Crippen molar-refractivity contribution in [3.8, 4) is 11.5 Å². The van der Waals surface area contributed by atoms with E-state index in [0.29, 0.717) is 47.5 Å². The SMILES string of the molecule is CN(C)CCNC(=O)C1=Cc2c(ncnc2Nc2ccc(Oc3cccc4sccc34)c(Cl)c2)NCC1. The summed E-state index contributed by atoms with van der Waals surface area (Å²) in [5.41, 5.74) is 2.13. The second kappa shape index (κ2) is 11.2. The van der Waals surface area contributed by atoms with Crippen LogP contribution in [-0.2, 0) is 4.79 Å². The summed E-state index contributed by atoms with van der Waals surface area (Å²) in [6.45, 7) is 1.95. The van der Waals surface area contributed by atoms with Gasteiger partial charge in [-0.05, 0) is 68.4 Å². The minimum Gasteiger partial charge on any atom is -0.455 e. The molecule has 10 heteroatoms. The molecular weight excluding hydrogens is 508 g/mol. The van der Waals surface area contributed by atoms with E-state index < -0.39 is 0 Å². The molecule has 4 aromatic rings. The first-order valence-electron chi connectivity index (χ1n) is 11.9. The molecule has 0 bridgehead atoms. The Hall–Kier alpha value is -3.66. The fourth-order valence-corrected chi connectivity index (χ4v) is 5.01. The molecular formula is C27H27ClN6O2S. The van der Waals surface area contributed by atoms with E-state index in [1.807, 2.05) is 60.8 Å². The lowest BCUT2D eigenvalue weighted by molar-refractivity contribution is -0.117. The predicted octanol–water partition coefficient (Wildman–Crippen LogP) is 5.76. The number of anilines is 3. The van der Waals surface area contributed by atoms with E-state index in [0.717, 1.165) is 33.6 Å². The van der Waals surface area contributed by atoms with E-state index in [1.54, 1.807) is 17.4 Å². The van der Waals surface area contributed by atoms with E-state index in [2.05, 4.69) is 32.0 Å². The van der Waals surface area contributed by atoms with Crippen molar-refractivity contribution in [3.05, 3.63) is 70.3 Å². The molecule has 190 valence electrons. The van der Waals surface area contributed by atoms with Crippen LogP contribution in [0.4, 0.5) is 17.3 Å². The van der Waals surface area contributed by atoms with Crippen LogP contribution in [0.15, 0.2) is 59.7 Å². The lowest BCUT2D eigenvalue weighted by atomic mass is 10.1. The summed E-state index contributed by atoms with van der Waals surface area (Å²) in [6, 6.07) is 13.5. The van der Waals surface area contributed by atoms with Gasteiger partial charge in [0.1, 0.15) is 29.5 Å². The summed E-state index contributed by atoms with van der Waals surface area (Å²) in [5.74, 6) is 2.48. The number of benzene rings is 2. The lowest BCUT2D eigenvalue weighted by Gasteiger charge is -2.14. The third-order valence-corrected chi connectivity index (χ3v) is 7.07. The Morgan fingerprint density at radius 2 is 2.08 bits per heavy atom. The molecule has 8 nitrogen and oxygen atoms in total. The number of hydrogen-bond acceptors (Lipinski definition) is 8. The number of ether oxygens (including phenoxy) is 1. The summed E-state index contributed by atoms with van der Waals surface area (Å²) in [4.78, 5) is 23.6. The summed E-state index contributed by atoms with van der Waals surface area (Å²) < 4.78 is 7.29.